The Morgan fingerprint density at radius 2 is 1.68 bits per heavy atom. The molecule has 8 nitrogen and oxygen atoms in total. The van der Waals surface area contributed by atoms with Crippen LogP contribution in [0.15, 0.2) is 66.9 Å². The molecule has 1 aliphatic carbocycles. The van der Waals surface area contributed by atoms with Gasteiger partial charge >= 0.3 is 6.09 Å². The highest BCUT2D eigenvalue weighted by Gasteiger charge is 2.41. The lowest BCUT2D eigenvalue weighted by Crippen LogP contribution is -2.52. The summed E-state index contributed by atoms with van der Waals surface area (Å²) in [6.45, 7) is 7.06. The maximum absolute atomic E-state index is 12.6. The van der Waals surface area contributed by atoms with Crippen molar-refractivity contribution in [2.24, 2.45) is 0 Å². The van der Waals surface area contributed by atoms with Gasteiger partial charge in [-0.3, -0.25) is 4.79 Å². The molecule has 0 atom stereocenters. The summed E-state index contributed by atoms with van der Waals surface area (Å²) in [5.41, 5.74) is 4.68. The van der Waals surface area contributed by atoms with Crippen LogP contribution in [-0.2, 0) is 15.1 Å². The van der Waals surface area contributed by atoms with Crippen molar-refractivity contribution in [2.75, 3.05) is 5.32 Å². The third kappa shape index (κ3) is 4.91. The smallest absolute Gasteiger partial charge is 0.408 e. The van der Waals surface area contributed by atoms with Crippen LogP contribution in [-0.4, -0.2) is 32.2 Å². The lowest BCUT2D eigenvalue weighted by atomic mass is 9.71. The molecule has 0 spiro atoms. The van der Waals surface area contributed by atoms with Gasteiger partial charge in [0.1, 0.15) is 11.3 Å². The molecule has 5 rings (SSSR count). The molecule has 1 saturated carbocycles. The van der Waals surface area contributed by atoms with Gasteiger partial charge in [-0.25, -0.2) is 14.3 Å². The van der Waals surface area contributed by atoms with E-state index in [2.05, 4.69) is 15.7 Å². The van der Waals surface area contributed by atoms with E-state index in [0.717, 1.165) is 47.3 Å². The summed E-state index contributed by atoms with van der Waals surface area (Å²) < 4.78 is 7.29. The molecule has 2 aromatic carbocycles. The molecule has 4 aromatic rings. The number of hydrogen-bond acceptors (Lipinski definition) is 5. The fourth-order valence-electron chi connectivity index (χ4n) is 4.75. The number of benzene rings is 2. The highest BCUT2D eigenvalue weighted by molar-refractivity contribution is 5.94. The molecular weight excluding hydrogens is 466 g/mol. The fraction of sp³-hybridized carbons (Fsp3) is 0.310. The highest BCUT2D eigenvalue weighted by Crippen LogP contribution is 2.42. The molecule has 2 heterocycles. The van der Waals surface area contributed by atoms with Crippen LogP contribution in [0.5, 0.6) is 0 Å². The molecule has 190 valence electrons. The van der Waals surface area contributed by atoms with E-state index in [1.54, 1.807) is 16.8 Å². The second kappa shape index (κ2) is 9.35. The third-order valence-corrected chi connectivity index (χ3v) is 6.53. The van der Waals surface area contributed by atoms with E-state index in [1.165, 1.54) is 6.92 Å². The van der Waals surface area contributed by atoms with E-state index in [-0.39, 0.29) is 5.91 Å². The van der Waals surface area contributed by atoms with Crippen LogP contribution in [0.2, 0.25) is 0 Å². The second-order valence-electron chi connectivity index (χ2n) is 10.5. The molecule has 0 saturated heterocycles. The van der Waals surface area contributed by atoms with Crippen LogP contribution >= 0.6 is 0 Å². The van der Waals surface area contributed by atoms with Crippen LogP contribution in [0, 0.1) is 0 Å². The van der Waals surface area contributed by atoms with Crippen molar-refractivity contribution in [1.29, 1.82) is 0 Å². The van der Waals surface area contributed by atoms with Crippen LogP contribution in [0.3, 0.4) is 0 Å². The van der Waals surface area contributed by atoms with Crippen molar-refractivity contribution in [3.63, 3.8) is 0 Å². The van der Waals surface area contributed by atoms with Crippen LogP contribution in [0.4, 0.5) is 10.5 Å². The number of nitrogens with one attached hydrogen (secondary N) is 2. The Labute approximate surface area is 216 Å². The number of nitrogens with zero attached hydrogens (tertiary/aromatic N) is 3. The predicted molar refractivity (Wildman–Crippen MR) is 143 cm³/mol. The molecule has 2 N–H and O–H groups in total. The highest BCUT2D eigenvalue weighted by atomic mass is 16.6. The van der Waals surface area contributed by atoms with Gasteiger partial charge in [-0.15, -0.1) is 0 Å². The zero-order chi connectivity index (χ0) is 26.2. The first-order valence-electron chi connectivity index (χ1n) is 12.5. The quantitative estimate of drug-likeness (QED) is 0.356. The largest absolute Gasteiger partial charge is 0.444 e. The number of ether oxygens (including phenoxy) is 1. The van der Waals surface area contributed by atoms with Gasteiger partial charge in [0, 0.05) is 18.1 Å². The van der Waals surface area contributed by atoms with Crippen molar-refractivity contribution >= 4 is 23.3 Å². The molecular formula is C29H31N5O3. The topological polar surface area (TPSA) is 97.6 Å². The number of imidazole rings is 1. The first kappa shape index (κ1) is 24.5. The molecule has 2 amide bonds. The molecule has 0 radical (unpaired) electrons. The molecule has 0 bridgehead atoms. The minimum Gasteiger partial charge on any atom is -0.444 e. The Morgan fingerprint density at radius 3 is 2.27 bits per heavy atom. The number of alkyl carbamates (subject to hydrolysis) is 1. The normalized spacial score (nSPS) is 14.6. The summed E-state index contributed by atoms with van der Waals surface area (Å²) in [7, 11) is 0. The van der Waals surface area contributed by atoms with E-state index in [9.17, 15) is 9.59 Å². The number of fused-ring (bicyclic) bond motifs is 1. The molecule has 1 aliphatic rings. The maximum Gasteiger partial charge on any atom is 0.408 e. The summed E-state index contributed by atoms with van der Waals surface area (Å²) in [5, 5.41) is 10.5. The summed E-state index contributed by atoms with van der Waals surface area (Å²) >= 11 is 0. The lowest BCUT2D eigenvalue weighted by molar-refractivity contribution is -0.114. The van der Waals surface area contributed by atoms with Crippen LogP contribution in [0.25, 0.3) is 28.2 Å². The third-order valence-electron chi connectivity index (χ3n) is 6.53. The minimum absolute atomic E-state index is 0.174. The molecule has 8 heteroatoms. The average molecular weight is 498 g/mol. The standard InChI is InChI=1S/C29H31N5O3/c1-19(35)31-23-15-18-30-34-25(21-9-6-5-7-10-21)24(32-26(23)34)20-11-13-22(14-12-20)29(16-8-17-29)33-27(36)37-28(2,3)4/h5-7,9-15,18H,8,16-17H2,1-4H3,(H,31,35)(H,33,36). The summed E-state index contributed by atoms with van der Waals surface area (Å²) in [4.78, 5) is 29.3. The number of carbonyl (C=O) groups is 2. The summed E-state index contributed by atoms with van der Waals surface area (Å²) in [6.07, 6.45) is 4.01. The van der Waals surface area contributed by atoms with Gasteiger partial charge in [-0.1, -0.05) is 54.6 Å². The zero-order valence-electron chi connectivity index (χ0n) is 21.5. The van der Waals surface area contributed by atoms with Crippen molar-refractivity contribution < 1.29 is 14.3 Å². The summed E-state index contributed by atoms with van der Waals surface area (Å²) in [6, 6.07) is 19.8. The van der Waals surface area contributed by atoms with Crippen molar-refractivity contribution in [2.45, 2.75) is 58.1 Å². The molecule has 1 fully saturated rings. The van der Waals surface area contributed by atoms with Gasteiger partial charge < -0.3 is 15.4 Å². The number of anilines is 1. The van der Waals surface area contributed by atoms with E-state index in [1.807, 2.05) is 75.4 Å². The first-order chi connectivity index (χ1) is 17.7. The van der Waals surface area contributed by atoms with E-state index in [4.69, 9.17) is 9.72 Å². The SMILES string of the molecule is CC(=O)Nc1ccnn2c(-c3ccccc3)c(-c3ccc(C4(NC(=O)OC(C)(C)C)CCC4)cc3)nc12. The van der Waals surface area contributed by atoms with E-state index >= 15 is 0 Å². The minimum atomic E-state index is -0.556. The van der Waals surface area contributed by atoms with Gasteiger partial charge in [0.2, 0.25) is 5.91 Å². The fourth-order valence-corrected chi connectivity index (χ4v) is 4.75. The van der Waals surface area contributed by atoms with Gasteiger partial charge in [0.15, 0.2) is 5.65 Å². The number of aromatic nitrogens is 3. The number of carbonyl (C=O) groups excluding carboxylic acids is 2. The van der Waals surface area contributed by atoms with Crippen LogP contribution < -0.4 is 10.6 Å². The number of amides is 2. The van der Waals surface area contributed by atoms with Gasteiger partial charge in [-0.2, -0.15) is 5.10 Å². The van der Waals surface area contributed by atoms with E-state index in [0.29, 0.717) is 11.3 Å². The van der Waals surface area contributed by atoms with Gasteiger partial charge in [0.05, 0.1) is 23.1 Å². The second-order valence-corrected chi connectivity index (χ2v) is 10.5. The molecule has 0 aliphatic heterocycles. The van der Waals surface area contributed by atoms with Crippen LogP contribution in [0.1, 0.15) is 52.5 Å². The Bertz CT molecular complexity index is 1450. The van der Waals surface area contributed by atoms with Crippen molar-refractivity contribution in [1.82, 2.24) is 19.9 Å². The molecule has 37 heavy (non-hydrogen) atoms. The molecule has 0 unspecified atom stereocenters. The Morgan fingerprint density at radius 1 is 0.973 bits per heavy atom. The Kier molecular flexibility index (Phi) is 6.19. The Balaban J connectivity index is 1.55. The average Bonchev–Trinajstić information content (AvgIpc) is 3.21. The zero-order valence-corrected chi connectivity index (χ0v) is 21.5. The van der Waals surface area contributed by atoms with Gasteiger partial charge in [-0.05, 0) is 51.7 Å². The number of rotatable bonds is 5. The lowest BCUT2D eigenvalue weighted by Gasteiger charge is -2.43. The van der Waals surface area contributed by atoms with Crippen molar-refractivity contribution in [3.8, 4) is 22.5 Å². The monoisotopic (exact) mass is 497 g/mol. The maximum atomic E-state index is 12.6. The summed E-state index contributed by atoms with van der Waals surface area (Å²) in [5.74, 6) is -0.174. The van der Waals surface area contributed by atoms with E-state index < -0.39 is 17.2 Å². The van der Waals surface area contributed by atoms with Gasteiger partial charge in [0.25, 0.3) is 0 Å². The van der Waals surface area contributed by atoms with Crippen molar-refractivity contribution in [3.05, 3.63) is 72.4 Å². The predicted octanol–water partition coefficient (Wildman–Crippen LogP) is 5.93. The molecule has 2 aromatic heterocycles. The number of hydrogen-bond donors (Lipinski definition) is 2. The first-order valence-corrected chi connectivity index (χ1v) is 12.5. The Hall–Kier alpha value is -4.20.